The molecule has 16 heavy (non-hydrogen) atoms. The van der Waals surface area contributed by atoms with Crippen LogP contribution in [-0.2, 0) is 6.42 Å². The van der Waals surface area contributed by atoms with Gasteiger partial charge in [0.05, 0.1) is 5.60 Å². The van der Waals surface area contributed by atoms with Crippen molar-refractivity contribution in [3.8, 4) is 0 Å². The second-order valence-electron chi connectivity index (χ2n) is 5.08. The SMILES string of the molecule is Cc1ccc(C)c(CCC2(O)CCNC2)c1. The summed E-state index contributed by atoms with van der Waals surface area (Å²) in [5.74, 6) is 0. The van der Waals surface area contributed by atoms with E-state index in [-0.39, 0.29) is 0 Å². The zero-order valence-corrected chi connectivity index (χ0v) is 10.2. The Morgan fingerprint density at radius 2 is 2.19 bits per heavy atom. The van der Waals surface area contributed by atoms with Crippen LogP contribution in [-0.4, -0.2) is 23.8 Å². The van der Waals surface area contributed by atoms with Gasteiger partial charge in [-0.2, -0.15) is 0 Å². The molecule has 2 nitrogen and oxygen atoms in total. The Hall–Kier alpha value is -0.860. The lowest BCUT2D eigenvalue weighted by Crippen LogP contribution is -2.31. The number of aryl methyl sites for hydroxylation is 3. The number of hydrogen-bond donors (Lipinski definition) is 2. The van der Waals surface area contributed by atoms with Gasteiger partial charge in [-0.3, -0.25) is 0 Å². The van der Waals surface area contributed by atoms with Crippen LogP contribution in [0, 0.1) is 13.8 Å². The molecule has 1 aromatic rings. The summed E-state index contributed by atoms with van der Waals surface area (Å²) >= 11 is 0. The molecule has 2 N–H and O–H groups in total. The van der Waals surface area contributed by atoms with Crippen molar-refractivity contribution in [2.45, 2.75) is 38.7 Å². The van der Waals surface area contributed by atoms with Crippen LogP contribution >= 0.6 is 0 Å². The number of benzene rings is 1. The van der Waals surface area contributed by atoms with E-state index < -0.39 is 5.60 Å². The van der Waals surface area contributed by atoms with Gasteiger partial charge in [0.25, 0.3) is 0 Å². The van der Waals surface area contributed by atoms with Crippen LogP contribution in [0.15, 0.2) is 18.2 Å². The molecule has 1 saturated heterocycles. The Balaban J connectivity index is 2.01. The maximum Gasteiger partial charge on any atom is 0.0786 e. The van der Waals surface area contributed by atoms with E-state index in [1.807, 2.05) is 0 Å². The van der Waals surface area contributed by atoms with Crippen molar-refractivity contribution in [1.29, 1.82) is 0 Å². The topological polar surface area (TPSA) is 32.3 Å². The minimum atomic E-state index is -0.476. The molecule has 1 unspecified atom stereocenters. The summed E-state index contributed by atoms with van der Waals surface area (Å²) in [6.07, 6.45) is 2.73. The quantitative estimate of drug-likeness (QED) is 0.814. The van der Waals surface area contributed by atoms with E-state index in [0.29, 0.717) is 0 Å². The largest absolute Gasteiger partial charge is 0.389 e. The lowest BCUT2D eigenvalue weighted by molar-refractivity contribution is 0.0526. The first-order valence-electron chi connectivity index (χ1n) is 6.08. The van der Waals surface area contributed by atoms with Gasteiger partial charge in [0.1, 0.15) is 0 Å². The minimum absolute atomic E-state index is 0.476. The van der Waals surface area contributed by atoms with Crippen LogP contribution in [0.25, 0.3) is 0 Å². The van der Waals surface area contributed by atoms with E-state index in [2.05, 4.69) is 37.4 Å². The summed E-state index contributed by atoms with van der Waals surface area (Å²) in [4.78, 5) is 0. The highest BCUT2D eigenvalue weighted by atomic mass is 16.3. The summed E-state index contributed by atoms with van der Waals surface area (Å²) in [5.41, 5.74) is 3.54. The molecule has 1 aromatic carbocycles. The van der Waals surface area contributed by atoms with Crippen molar-refractivity contribution in [3.63, 3.8) is 0 Å². The predicted molar refractivity (Wildman–Crippen MR) is 66.7 cm³/mol. The van der Waals surface area contributed by atoms with Crippen LogP contribution in [0.3, 0.4) is 0 Å². The lowest BCUT2D eigenvalue weighted by Gasteiger charge is -2.21. The number of rotatable bonds is 3. The van der Waals surface area contributed by atoms with Crippen molar-refractivity contribution >= 4 is 0 Å². The molecule has 0 saturated carbocycles. The fraction of sp³-hybridized carbons (Fsp3) is 0.571. The van der Waals surface area contributed by atoms with Gasteiger partial charge < -0.3 is 10.4 Å². The second kappa shape index (κ2) is 4.56. The lowest BCUT2D eigenvalue weighted by atomic mass is 9.92. The van der Waals surface area contributed by atoms with Gasteiger partial charge >= 0.3 is 0 Å². The fourth-order valence-electron chi connectivity index (χ4n) is 2.38. The molecule has 88 valence electrons. The molecule has 2 heteroatoms. The average Bonchev–Trinajstić information content (AvgIpc) is 2.67. The van der Waals surface area contributed by atoms with Crippen LogP contribution < -0.4 is 5.32 Å². The van der Waals surface area contributed by atoms with Gasteiger partial charge in [-0.15, -0.1) is 0 Å². The predicted octanol–water partition coefficient (Wildman–Crippen LogP) is 1.96. The van der Waals surface area contributed by atoms with E-state index in [4.69, 9.17) is 0 Å². The van der Waals surface area contributed by atoms with E-state index in [1.165, 1.54) is 16.7 Å². The first-order chi connectivity index (χ1) is 7.59. The fourth-order valence-corrected chi connectivity index (χ4v) is 2.38. The Labute approximate surface area is 97.7 Å². The molecule has 0 spiro atoms. The van der Waals surface area contributed by atoms with E-state index in [9.17, 15) is 5.11 Å². The van der Waals surface area contributed by atoms with Gasteiger partial charge in [0.15, 0.2) is 0 Å². The molecule has 0 amide bonds. The summed E-state index contributed by atoms with van der Waals surface area (Å²) < 4.78 is 0. The molecule has 1 aliphatic heterocycles. The molecule has 1 aliphatic rings. The molecule has 0 radical (unpaired) electrons. The molecule has 1 heterocycles. The molecule has 1 fully saturated rings. The minimum Gasteiger partial charge on any atom is -0.389 e. The van der Waals surface area contributed by atoms with E-state index in [0.717, 1.165) is 32.4 Å². The monoisotopic (exact) mass is 219 g/mol. The van der Waals surface area contributed by atoms with Crippen LogP contribution in [0.1, 0.15) is 29.5 Å². The highest BCUT2D eigenvalue weighted by Gasteiger charge is 2.30. The smallest absolute Gasteiger partial charge is 0.0786 e. The van der Waals surface area contributed by atoms with Crippen molar-refractivity contribution in [1.82, 2.24) is 5.32 Å². The number of aliphatic hydroxyl groups is 1. The highest BCUT2D eigenvalue weighted by Crippen LogP contribution is 2.22. The molecular weight excluding hydrogens is 198 g/mol. The van der Waals surface area contributed by atoms with Gasteiger partial charge in [0, 0.05) is 6.54 Å². The summed E-state index contributed by atoms with van der Waals surface area (Å²) in [5, 5.41) is 13.5. The van der Waals surface area contributed by atoms with E-state index >= 15 is 0 Å². The third-order valence-electron chi connectivity index (χ3n) is 3.59. The van der Waals surface area contributed by atoms with Crippen molar-refractivity contribution < 1.29 is 5.11 Å². The van der Waals surface area contributed by atoms with Gasteiger partial charge in [0.2, 0.25) is 0 Å². The number of β-amino-alcohol motifs (C(OH)–C–C–N with tert-alkyl or cyclic N) is 1. The Morgan fingerprint density at radius 3 is 2.88 bits per heavy atom. The van der Waals surface area contributed by atoms with E-state index in [1.54, 1.807) is 0 Å². The zero-order valence-electron chi connectivity index (χ0n) is 10.2. The molecule has 1 atom stereocenters. The van der Waals surface area contributed by atoms with Gasteiger partial charge in [-0.05, 0) is 50.8 Å². The first kappa shape index (κ1) is 11.6. The van der Waals surface area contributed by atoms with Gasteiger partial charge in [-0.1, -0.05) is 23.8 Å². The molecule has 2 rings (SSSR count). The molecule has 0 aromatic heterocycles. The van der Waals surface area contributed by atoms with Crippen LogP contribution in [0.4, 0.5) is 0 Å². The summed E-state index contributed by atoms with van der Waals surface area (Å²) in [6.45, 7) is 5.96. The molecular formula is C14H21NO. The average molecular weight is 219 g/mol. The zero-order chi connectivity index (χ0) is 11.6. The maximum atomic E-state index is 10.3. The van der Waals surface area contributed by atoms with Gasteiger partial charge in [-0.25, -0.2) is 0 Å². The van der Waals surface area contributed by atoms with Crippen molar-refractivity contribution in [2.24, 2.45) is 0 Å². The number of hydrogen-bond acceptors (Lipinski definition) is 2. The third kappa shape index (κ3) is 2.63. The number of nitrogens with one attached hydrogen (secondary N) is 1. The van der Waals surface area contributed by atoms with Crippen LogP contribution in [0.2, 0.25) is 0 Å². The third-order valence-corrected chi connectivity index (χ3v) is 3.59. The first-order valence-corrected chi connectivity index (χ1v) is 6.08. The standard InChI is InChI=1S/C14H21NO/c1-11-3-4-12(2)13(9-11)5-6-14(16)7-8-15-10-14/h3-4,9,15-16H,5-8,10H2,1-2H3. The summed E-state index contributed by atoms with van der Waals surface area (Å²) in [7, 11) is 0. The second-order valence-corrected chi connectivity index (χ2v) is 5.08. The molecule has 0 aliphatic carbocycles. The maximum absolute atomic E-state index is 10.3. The van der Waals surface area contributed by atoms with Crippen molar-refractivity contribution in [2.75, 3.05) is 13.1 Å². The van der Waals surface area contributed by atoms with Crippen LogP contribution in [0.5, 0.6) is 0 Å². The Morgan fingerprint density at radius 1 is 1.38 bits per heavy atom. The Kier molecular flexibility index (Phi) is 3.31. The Bertz CT molecular complexity index is 367. The van der Waals surface area contributed by atoms with Crippen molar-refractivity contribution in [3.05, 3.63) is 34.9 Å². The normalized spacial score (nSPS) is 24.9. The highest BCUT2D eigenvalue weighted by molar-refractivity contribution is 5.30. The molecule has 0 bridgehead atoms. The summed E-state index contributed by atoms with van der Waals surface area (Å²) in [6, 6.07) is 6.55.